The SMILES string of the molecule is CCCNC(CC(C)C(C)(C)C)c1ccc(Cl)c(OC)c1. The molecule has 1 aromatic rings. The van der Waals surface area contributed by atoms with Crippen molar-refractivity contribution in [1.29, 1.82) is 0 Å². The Labute approximate surface area is 135 Å². The van der Waals surface area contributed by atoms with E-state index in [0.29, 0.717) is 22.4 Å². The normalized spacial score (nSPS) is 14.8. The molecule has 1 aromatic carbocycles. The lowest BCUT2D eigenvalue weighted by Crippen LogP contribution is -2.28. The third-order valence-corrected chi connectivity index (χ3v) is 4.60. The number of halogens is 1. The molecule has 0 saturated carbocycles. The van der Waals surface area contributed by atoms with Crippen LogP contribution in [0.5, 0.6) is 5.75 Å². The molecule has 2 nitrogen and oxygen atoms in total. The second kappa shape index (κ2) is 8.05. The van der Waals surface area contributed by atoms with Crippen molar-refractivity contribution in [3.63, 3.8) is 0 Å². The van der Waals surface area contributed by atoms with Crippen LogP contribution in [0.2, 0.25) is 5.02 Å². The molecule has 0 aliphatic carbocycles. The molecule has 120 valence electrons. The van der Waals surface area contributed by atoms with Gasteiger partial charge >= 0.3 is 0 Å². The number of hydrogen-bond donors (Lipinski definition) is 1. The highest BCUT2D eigenvalue weighted by Gasteiger charge is 2.24. The topological polar surface area (TPSA) is 21.3 Å². The monoisotopic (exact) mass is 311 g/mol. The molecular weight excluding hydrogens is 282 g/mol. The van der Waals surface area contributed by atoms with Gasteiger partial charge in [0.05, 0.1) is 12.1 Å². The highest BCUT2D eigenvalue weighted by atomic mass is 35.5. The minimum atomic E-state index is 0.308. The summed E-state index contributed by atoms with van der Waals surface area (Å²) < 4.78 is 5.35. The fourth-order valence-electron chi connectivity index (χ4n) is 2.26. The van der Waals surface area contributed by atoms with Crippen molar-refractivity contribution in [1.82, 2.24) is 5.32 Å². The molecule has 0 heterocycles. The molecular formula is C18H30ClNO. The molecule has 1 rings (SSSR count). The molecule has 0 aliphatic rings. The second-order valence-electron chi connectivity index (χ2n) is 6.90. The summed E-state index contributed by atoms with van der Waals surface area (Å²) in [6, 6.07) is 6.43. The molecule has 3 heteroatoms. The smallest absolute Gasteiger partial charge is 0.137 e. The van der Waals surface area contributed by atoms with Crippen LogP contribution >= 0.6 is 11.6 Å². The van der Waals surface area contributed by atoms with Crippen LogP contribution in [0.25, 0.3) is 0 Å². The highest BCUT2D eigenvalue weighted by molar-refractivity contribution is 6.32. The third kappa shape index (κ3) is 5.52. The van der Waals surface area contributed by atoms with Crippen LogP contribution < -0.4 is 10.1 Å². The van der Waals surface area contributed by atoms with Gasteiger partial charge in [-0.05, 0) is 48.4 Å². The standard InChI is InChI=1S/C18H30ClNO/c1-7-10-20-16(11-13(2)18(3,4)5)14-8-9-15(19)17(12-14)21-6/h8-9,12-13,16,20H,7,10-11H2,1-6H3. The van der Waals surface area contributed by atoms with E-state index in [0.717, 1.165) is 25.1 Å². The minimum Gasteiger partial charge on any atom is -0.495 e. The van der Waals surface area contributed by atoms with Gasteiger partial charge in [-0.1, -0.05) is 52.3 Å². The Bertz CT molecular complexity index is 439. The van der Waals surface area contributed by atoms with Gasteiger partial charge in [-0.2, -0.15) is 0 Å². The lowest BCUT2D eigenvalue weighted by molar-refractivity contribution is 0.223. The predicted molar refractivity (Wildman–Crippen MR) is 92.3 cm³/mol. The summed E-state index contributed by atoms with van der Waals surface area (Å²) in [5.74, 6) is 1.37. The van der Waals surface area contributed by atoms with Crippen molar-refractivity contribution >= 4 is 11.6 Å². The maximum Gasteiger partial charge on any atom is 0.137 e. The summed E-state index contributed by atoms with van der Waals surface area (Å²) in [5, 5.41) is 4.33. The van der Waals surface area contributed by atoms with Crippen molar-refractivity contribution in [3.8, 4) is 5.75 Å². The molecule has 0 saturated heterocycles. The van der Waals surface area contributed by atoms with E-state index in [2.05, 4.69) is 52.1 Å². The Morgan fingerprint density at radius 2 is 1.95 bits per heavy atom. The van der Waals surface area contributed by atoms with Gasteiger partial charge in [0.15, 0.2) is 0 Å². The average Bonchev–Trinajstić information content (AvgIpc) is 2.42. The van der Waals surface area contributed by atoms with E-state index in [9.17, 15) is 0 Å². The van der Waals surface area contributed by atoms with Gasteiger partial charge in [0.2, 0.25) is 0 Å². The van der Waals surface area contributed by atoms with Crippen molar-refractivity contribution in [3.05, 3.63) is 28.8 Å². The molecule has 21 heavy (non-hydrogen) atoms. The summed E-state index contributed by atoms with van der Waals surface area (Å²) in [6.07, 6.45) is 2.24. The molecule has 0 aliphatic heterocycles. The van der Waals surface area contributed by atoms with Crippen LogP contribution in [-0.2, 0) is 0 Å². The van der Waals surface area contributed by atoms with Gasteiger partial charge < -0.3 is 10.1 Å². The Balaban J connectivity index is 2.96. The number of ether oxygens (including phenoxy) is 1. The first-order valence-electron chi connectivity index (χ1n) is 7.86. The molecule has 0 amide bonds. The molecule has 0 aromatic heterocycles. The zero-order chi connectivity index (χ0) is 16.0. The number of nitrogens with one attached hydrogen (secondary N) is 1. The fourth-order valence-corrected chi connectivity index (χ4v) is 2.45. The predicted octanol–water partition coefficient (Wildman–Crippen LogP) is 5.46. The van der Waals surface area contributed by atoms with Crippen molar-refractivity contribution in [2.45, 2.75) is 53.5 Å². The van der Waals surface area contributed by atoms with Crippen molar-refractivity contribution in [2.24, 2.45) is 11.3 Å². The van der Waals surface area contributed by atoms with Crippen LogP contribution in [0.3, 0.4) is 0 Å². The van der Waals surface area contributed by atoms with Gasteiger partial charge in [0.1, 0.15) is 5.75 Å². The van der Waals surface area contributed by atoms with E-state index in [1.54, 1.807) is 7.11 Å². The average molecular weight is 312 g/mol. The van der Waals surface area contributed by atoms with Crippen LogP contribution in [-0.4, -0.2) is 13.7 Å². The van der Waals surface area contributed by atoms with Gasteiger partial charge in [0, 0.05) is 6.04 Å². The summed E-state index contributed by atoms with van der Waals surface area (Å²) in [7, 11) is 1.66. The van der Waals surface area contributed by atoms with Crippen molar-refractivity contribution < 1.29 is 4.74 Å². The van der Waals surface area contributed by atoms with Crippen LogP contribution in [0.15, 0.2) is 18.2 Å². The Morgan fingerprint density at radius 1 is 1.29 bits per heavy atom. The third-order valence-electron chi connectivity index (χ3n) is 4.29. The zero-order valence-electron chi connectivity index (χ0n) is 14.3. The van der Waals surface area contributed by atoms with Crippen molar-refractivity contribution in [2.75, 3.05) is 13.7 Å². The summed E-state index contributed by atoms with van der Waals surface area (Å²) in [6.45, 7) is 12.4. The highest BCUT2D eigenvalue weighted by Crippen LogP contribution is 2.35. The van der Waals surface area contributed by atoms with E-state index in [-0.39, 0.29) is 0 Å². The summed E-state index contributed by atoms with van der Waals surface area (Å²) in [5.41, 5.74) is 1.56. The van der Waals surface area contributed by atoms with Crippen LogP contribution in [0.4, 0.5) is 0 Å². The number of methoxy groups -OCH3 is 1. The first kappa shape index (κ1) is 18.3. The first-order chi connectivity index (χ1) is 9.79. The quantitative estimate of drug-likeness (QED) is 0.721. The number of benzene rings is 1. The summed E-state index contributed by atoms with van der Waals surface area (Å²) in [4.78, 5) is 0. The summed E-state index contributed by atoms with van der Waals surface area (Å²) >= 11 is 6.14. The molecule has 0 fully saturated rings. The van der Waals surface area contributed by atoms with Crippen LogP contribution in [0.1, 0.15) is 59.1 Å². The number of rotatable bonds is 7. The minimum absolute atomic E-state index is 0.308. The molecule has 2 unspecified atom stereocenters. The van der Waals surface area contributed by atoms with Crippen LogP contribution in [0, 0.1) is 11.3 Å². The van der Waals surface area contributed by atoms with Gasteiger partial charge in [-0.3, -0.25) is 0 Å². The van der Waals surface area contributed by atoms with Gasteiger partial charge in [-0.15, -0.1) is 0 Å². The molecule has 1 N–H and O–H groups in total. The van der Waals surface area contributed by atoms with Gasteiger partial charge in [0.25, 0.3) is 0 Å². The maximum absolute atomic E-state index is 6.14. The molecule has 2 atom stereocenters. The Hall–Kier alpha value is -0.730. The largest absolute Gasteiger partial charge is 0.495 e. The number of hydrogen-bond acceptors (Lipinski definition) is 2. The van der Waals surface area contributed by atoms with E-state index in [1.165, 1.54) is 5.56 Å². The van der Waals surface area contributed by atoms with Gasteiger partial charge in [-0.25, -0.2) is 0 Å². The lowest BCUT2D eigenvalue weighted by atomic mass is 9.77. The lowest BCUT2D eigenvalue weighted by Gasteiger charge is -2.31. The second-order valence-corrected chi connectivity index (χ2v) is 7.31. The maximum atomic E-state index is 6.14. The Kier molecular flexibility index (Phi) is 7.02. The first-order valence-corrected chi connectivity index (χ1v) is 8.24. The molecule has 0 spiro atoms. The van der Waals surface area contributed by atoms with E-state index in [1.807, 2.05) is 6.07 Å². The van der Waals surface area contributed by atoms with E-state index in [4.69, 9.17) is 16.3 Å². The fraction of sp³-hybridized carbons (Fsp3) is 0.667. The Morgan fingerprint density at radius 3 is 2.48 bits per heavy atom. The van der Waals surface area contributed by atoms with E-state index < -0.39 is 0 Å². The van der Waals surface area contributed by atoms with E-state index >= 15 is 0 Å². The zero-order valence-corrected chi connectivity index (χ0v) is 15.1. The molecule has 0 radical (unpaired) electrons. The molecule has 0 bridgehead atoms.